The minimum absolute atomic E-state index is 0.0328. The molecule has 0 aliphatic rings. The number of hydrogen-bond acceptors (Lipinski definition) is 3. The number of nitrogens with zero attached hydrogens (tertiary/aromatic N) is 1. The number of benzene rings is 2. The average molecular weight is 429 g/mol. The van der Waals surface area contributed by atoms with E-state index in [4.69, 9.17) is 51.1 Å². The maximum absolute atomic E-state index is 13.0. The number of anilines is 1. The van der Waals surface area contributed by atoms with Crippen LogP contribution in [0.15, 0.2) is 35.2 Å². The van der Waals surface area contributed by atoms with Crippen LogP contribution < -0.4 is 9.04 Å². The van der Waals surface area contributed by atoms with Crippen molar-refractivity contribution in [1.82, 2.24) is 0 Å². The smallest absolute Gasteiger partial charge is 0.265 e. The van der Waals surface area contributed by atoms with Crippen LogP contribution in [0.25, 0.3) is 0 Å². The summed E-state index contributed by atoms with van der Waals surface area (Å²) >= 11 is 24.1. The van der Waals surface area contributed by atoms with E-state index in [2.05, 4.69) is 0 Å². The molecule has 0 heterocycles. The van der Waals surface area contributed by atoms with E-state index in [-0.39, 0.29) is 26.5 Å². The zero-order chi connectivity index (χ0) is 18.1. The van der Waals surface area contributed by atoms with Crippen LogP contribution in [0.5, 0.6) is 5.75 Å². The standard InChI is InChI=1S/C15H13Cl4NO3S/c1-3-20(9-4-5-10(16)11(17)8-9)24(21,22)13-7-6-12(23-2)14(18)15(13)19/h4-8H,3H2,1-2H3. The van der Waals surface area contributed by atoms with Gasteiger partial charge in [-0.1, -0.05) is 46.4 Å². The van der Waals surface area contributed by atoms with Crippen molar-refractivity contribution in [1.29, 1.82) is 0 Å². The van der Waals surface area contributed by atoms with Crippen molar-refractivity contribution in [3.8, 4) is 5.75 Å². The minimum Gasteiger partial charge on any atom is -0.495 e. The summed E-state index contributed by atoms with van der Waals surface area (Å²) in [7, 11) is -2.54. The zero-order valence-electron chi connectivity index (χ0n) is 12.7. The topological polar surface area (TPSA) is 46.6 Å². The Morgan fingerprint density at radius 2 is 1.67 bits per heavy atom. The fourth-order valence-electron chi connectivity index (χ4n) is 2.12. The summed E-state index contributed by atoms with van der Waals surface area (Å²) in [6.07, 6.45) is 0. The van der Waals surface area contributed by atoms with Crippen LogP contribution in [0.3, 0.4) is 0 Å². The molecule has 0 unspecified atom stereocenters. The van der Waals surface area contributed by atoms with Gasteiger partial charge in [0, 0.05) is 6.54 Å². The number of halogens is 4. The first-order valence-electron chi connectivity index (χ1n) is 6.73. The number of rotatable bonds is 5. The van der Waals surface area contributed by atoms with Crippen LogP contribution in [0.4, 0.5) is 5.69 Å². The van der Waals surface area contributed by atoms with Gasteiger partial charge < -0.3 is 4.74 Å². The lowest BCUT2D eigenvalue weighted by Crippen LogP contribution is -2.31. The van der Waals surface area contributed by atoms with Crippen LogP contribution in [0, 0.1) is 0 Å². The average Bonchev–Trinajstić information content (AvgIpc) is 2.53. The molecule has 0 fully saturated rings. The lowest BCUT2D eigenvalue weighted by atomic mass is 10.3. The van der Waals surface area contributed by atoms with E-state index >= 15 is 0 Å². The van der Waals surface area contributed by atoms with E-state index in [1.54, 1.807) is 13.0 Å². The van der Waals surface area contributed by atoms with Crippen molar-refractivity contribution in [2.24, 2.45) is 0 Å². The van der Waals surface area contributed by atoms with Crippen molar-refractivity contribution in [3.63, 3.8) is 0 Å². The van der Waals surface area contributed by atoms with Gasteiger partial charge in [-0.15, -0.1) is 0 Å². The second-order valence-corrected chi connectivity index (χ2v) is 8.06. The summed E-state index contributed by atoms with van der Waals surface area (Å²) < 4.78 is 32.2. The van der Waals surface area contributed by atoms with E-state index in [0.717, 1.165) is 0 Å². The molecule has 0 spiro atoms. The Morgan fingerprint density at radius 3 is 2.21 bits per heavy atom. The molecule has 0 N–H and O–H groups in total. The highest BCUT2D eigenvalue weighted by Gasteiger charge is 2.28. The molecule has 130 valence electrons. The van der Waals surface area contributed by atoms with Gasteiger partial charge in [-0.05, 0) is 37.3 Å². The molecule has 2 aromatic carbocycles. The van der Waals surface area contributed by atoms with E-state index in [1.807, 2.05) is 0 Å². The molecule has 0 atom stereocenters. The number of sulfonamides is 1. The molecule has 0 saturated carbocycles. The zero-order valence-corrected chi connectivity index (χ0v) is 16.5. The molecule has 2 rings (SSSR count). The molecule has 2 aromatic rings. The Hall–Kier alpha value is -0.850. The van der Waals surface area contributed by atoms with Crippen molar-refractivity contribution in [2.75, 3.05) is 18.0 Å². The second-order valence-electron chi connectivity index (χ2n) is 4.66. The predicted molar refractivity (Wildman–Crippen MR) is 99.7 cm³/mol. The molecule has 0 bridgehead atoms. The van der Waals surface area contributed by atoms with Crippen molar-refractivity contribution in [3.05, 3.63) is 50.4 Å². The van der Waals surface area contributed by atoms with Crippen LogP contribution in [0.1, 0.15) is 6.92 Å². The summed E-state index contributed by atoms with van der Waals surface area (Å²) in [6.45, 7) is 1.86. The summed E-state index contributed by atoms with van der Waals surface area (Å²) in [5, 5.41) is 0.515. The molecule has 0 aliphatic heterocycles. The highest BCUT2D eigenvalue weighted by molar-refractivity contribution is 7.93. The van der Waals surface area contributed by atoms with Crippen molar-refractivity contribution < 1.29 is 13.2 Å². The summed E-state index contributed by atoms with van der Waals surface area (Å²) in [5.74, 6) is 0.290. The van der Waals surface area contributed by atoms with Gasteiger partial charge in [0.25, 0.3) is 10.0 Å². The fourth-order valence-corrected chi connectivity index (χ4v) is 4.70. The number of hydrogen-bond donors (Lipinski definition) is 0. The molecule has 0 aromatic heterocycles. The Morgan fingerprint density at radius 1 is 1.00 bits per heavy atom. The normalized spacial score (nSPS) is 11.4. The van der Waals surface area contributed by atoms with Crippen LogP contribution in [-0.2, 0) is 10.0 Å². The third-order valence-corrected chi connectivity index (χ3v) is 6.94. The Labute approximate surface area is 160 Å². The van der Waals surface area contributed by atoms with Crippen LogP contribution >= 0.6 is 46.4 Å². The summed E-state index contributed by atoms with van der Waals surface area (Å²) in [4.78, 5) is -0.122. The molecule has 24 heavy (non-hydrogen) atoms. The number of methoxy groups -OCH3 is 1. The quantitative estimate of drug-likeness (QED) is 0.629. The monoisotopic (exact) mass is 427 g/mol. The lowest BCUT2D eigenvalue weighted by molar-refractivity contribution is 0.414. The molecule has 0 saturated heterocycles. The molecule has 4 nitrogen and oxygen atoms in total. The molecular weight excluding hydrogens is 416 g/mol. The summed E-state index contributed by atoms with van der Waals surface area (Å²) in [6, 6.07) is 7.37. The van der Waals surface area contributed by atoms with Gasteiger partial charge in [0.15, 0.2) is 0 Å². The molecule has 0 aliphatic carbocycles. The van der Waals surface area contributed by atoms with Gasteiger partial charge in [0.05, 0.1) is 27.9 Å². The van der Waals surface area contributed by atoms with Gasteiger partial charge >= 0.3 is 0 Å². The van der Waals surface area contributed by atoms with E-state index in [1.165, 1.54) is 35.7 Å². The SMILES string of the molecule is CCN(c1ccc(Cl)c(Cl)c1)S(=O)(=O)c1ccc(OC)c(Cl)c1Cl. The summed E-state index contributed by atoms with van der Waals surface area (Å²) in [5.41, 5.74) is 0.370. The largest absolute Gasteiger partial charge is 0.495 e. The Kier molecular flexibility index (Phi) is 6.15. The second kappa shape index (κ2) is 7.58. The van der Waals surface area contributed by atoms with E-state index in [9.17, 15) is 8.42 Å². The Balaban J connectivity index is 2.59. The third-order valence-electron chi connectivity index (χ3n) is 3.28. The predicted octanol–water partition coefficient (Wildman–Crippen LogP) is 5.52. The van der Waals surface area contributed by atoms with Gasteiger partial charge in [0.2, 0.25) is 0 Å². The fraction of sp³-hybridized carbons (Fsp3) is 0.200. The first-order chi connectivity index (χ1) is 11.2. The van der Waals surface area contributed by atoms with Crippen LogP contribution in [0.2, 0.25) is 20.1 Å². The van der Waals surface area contributed by atoms with Gasteiger partial charge in [-0.25, -0.2) is 8.42 Å². The minimum atomic E-state index is -3.95. The molecular formula is C15H13Cl4NO3S. The first kappa shape index (κ1) is 19.5. The van der Waals surface area contributed by atoms with Crippen molar-refractivity contribution in [2.45, 2.75) is 11.8 Å². The van der Waals surface area contributed by atoms with Gasteiger partial charge in [-0.2, -0.15) is 0 Å². The lowest BCUT2D eigenvalue weighted by Gasteiger charge is -2.24. The molecule has 9 heteroatoms. The molecule has 0 radical (unpaired) electrons. The number of ether oxygens (including phenoxy) is 1. The van der Waals surface area contributed by atoms with E-state index < -0.39 is 10.0 Å². The molecule has 0 amide bonds. The maximum atomic E-state index is 13.0. The highest BCUT2D eigenvalue weighted by atomic mass is 35.5. The van der Waals surface area contributed by atoms with E-state index in [0.29, 0.717) is 16.5 Å². The first-order valence-corrected chi connectivity index (χ1v) is 9.69. The Bertz CT molecular complexity index is 871. The highest BCUT2D eigenvalue weighted by Crippen LogP contribution is 2.39. The van der Waals surface area contributed by atoms with Gasteiger partial charge in [-0.3, -0.25) is 4.31 Å². The third kappa shape index (κ3) is 3.55. The van der Waals surface area contributed by atoms with Crippen LogP contribution in [-0.4, -0.2) is 22.1 Å². The maximum Gasteiger partial charge on any atom is 0.265 e. The van der Waals surface area contributed by atoms with Crippen molar-refractivity contribution >= 4 is 62.1 Å². The van der Waals surface area contributed by atoms with Gasteiger partial charge in [0.1, 0.15) is 15.7 Å².